The summed E-state index contributed by atoms with van der Waals surface area (Å²) < 4.78 is 0. The molecule has 18 N–H and O–H groups in total. The van der Waals surface area contributed by atoms with Crippen LogP contribution in [0.1, 0.15) is 78.5 Å². The second-order valence-electron chi connectivity index (χ2n) is 18.4. The minimum atomic E-state index is -1.77. The lowest BCUT2D eigenvalue weighted by Gasteiger charge is -2.30. The van der Waals surface area contributed by atoms with Gasteiger partial charge in [0.05, 0.1) is 31.1 Å². The van der Waals surface area contributed by atoms with E-state index in [1.165, 1.54) is 12.5 Å². The van der Waals surface area contributed by atoms with Crippen molar-refractivity contribution in [1.82, 2.24) is 57.5 Å². The lowest BCUT2D eigenvalue weighted by molar-refractivity contribution is -0.143. The van der Waals surface area contributed by atoms with Crippen LogP contribution < -0.4 is 54.0 Å². The number of aliphatic hydroxyl groups excluding tert-OH is 1. The van der Waals surface area contributed by atoms with E-state index in [9.17, 15) is 58.5 Å². The van der Waals surface area contributed by atoms with Crippen molar-refractivity contribution in [1.29, 1.82) is 5.41 Å². The number of rotatable bonds is 30. The number of hydrogen-bond acceptors (Lipinski definition) is 13. The molecule has 3 aromatic rings. The fourth-order valence-corrected chi connectivity index (χ4v) is 7.42. The van der Waals surface area contributed by atoms with Crippen LogP contribution in [0.2, 0.25) is 0 Å². The molecule has 26 heteroatoms. The number of aromatic nitrogens is 3. The van der Waals surface area contributed by atoms with Crippen LogP contribution >= 0.6 is 0 Å². The number of amides is 7. The van der Waals surface area contributed by atoms with Gasteiger partial charge in [0.15, 0.2) is 5.96 Å². The maximum Gasteiger partial charge on any atom is 0.326 e. The van der Waals surface area contributed by atoms with Crippen molar-refractivity contribution >= 4 is 70.2 Å². The number of carbonyl (C=O) groups is 9. The molecule has 2 heterocycles. The molecule has 0 spiro atoms. The number of carbonyl (C=O) groups excluding carboxylic acids is 7. The third-order valence-electron chi connectivity index (χ3n) is 11.3. The number of nitrogens with zero attached hydrogens (tertiary/aromatic N) is 1. The first-order valence-electron chi connectivity index (χ1n) is 23.5. The molecule has 0 saturated heterocycles. The van der Waals surface area contributed by atoms with E-state index >= 15 is 0 Å². The molecule has 0 bridgehead atoms. The number of aromatic amines is 2. The van der Waals surface area contributed by atoms with E-state index in [-0.39, 0.29) is 49.8 Å². The summed E-state index contributed by atoms with van der Waals surface area (Å²) in [6.07, 6.45) is 3.56. The molecule has 0 aliphatic heterocycles. The molecule has 7 amide bonds. The van der Waals surface area contributed by atoms with Crippen molar-refractivity contribution in [3.05, 3.63) is 54.2 Å². The van der Waals surface area contributed by atoms with Crippen LogP contribution in [0, 0.1) is 23.2 Å². The first-order chi connectivity index (χ1) is 33.9. The maximum absolute atomic E-state index is 14.3. The average Bonchev–Trinajstić information content (AvgIpc) is 3.98. The number of para-hydroxylation sites is 1. The fraction of sp³-hybridized carbons (Fsp3) is 0.543. The molecular formula is C46H70N14O12. The minimum absolute atomic E-state index is 0.0336. The van der Waals surface area contributed by atoms with E-state index in [1.54, 1.807) is 72.0 Å². The molecule has 0 saturated carbocycles. The molecular weight excluding hydrogens is 941 g/mol. The zero-order valence-electron chi connectivity index (χ0n) is 41.2. The third-order valence-corrected chi connectivity index (χ3v) is 11.3. The topological polar surface area (TPSA) is 431 Å². The minimum Gasteiger partial charge on any atom is -0.481 e. The summed E-state index contributed by atoms with van der Waals surface area (Å²) >= 11 is 0. The number of nitrogens with one attached hydrogen (secondary N) is 11. The van der Waals surface area contributed by atoms with Gasteiger partial charge in [-0.3, -0.25) is 43.8 Å². The third kappa shape index (κ3) is 18.6. The number of hydrogen-bond donors (Lipinski definition) is 16. The largest absolute Gasteiger partial charge is 0.481 e. The molecule has 0 aliphatic carbocycles. The molecule has 0 radical (unpaired) electrons. The Labute approximate surface area is 415 Å². The first kappa shape index (κ1) is 58.7. The summed E-state index contributed by atoms with van der Waals surface area (Å²) in [7, 11) is 0. The Bertz CT molecular complexity index is 2350. The van der Waals surface area contributed by atoms with Crippen molar-refractivity contribution in [2.24, 2.45) is 29.2 Å². The molecule has 0 unspecified atom stereocenters. The predicted molar refractivity (Wildman–Crippen MR) is 261 cm³/mol. The number of fused-ring (bicyclic) bond motifs is 1. The maximum atomic E-state index is 14.3. The monoisotopic (exact) mass is 1010 g/mol. The molecule has 396 valence electrons. The summed E-state index contributed by atoms with van der Waals surface area (Å²) in [6, 6.07) is -4.21. The quantitative estimate of drug-likeness (QED) is 0.0188. The summed E-state index contributed by atoms with van der Waals surface area (Å²) in [4.78, 5) is 130. The van der Waals surface area contributed by atoms with Gasteiger partial charge in [0.25, 0.3) is 0 Å². The van der Waals surface area contributed by atoms with Crippen molar-refractivity contribution in [2.45, 2.75) is 128 Å². The zero-order valence-corrected chi connectivity index (χ0v) is 41.2. The van der Waals surface area contributed by atoms with E-state index < -0.39 is 126 Å². The number of H-pyrrole nitrogens is 2. The van der Waals surface area contributed by atoms with Gasteiger partial charge in [-0.2, -0.15) is 0 Å². The smallest absolute Gasteiger partial charge is 0.326 e. The SMILES string of the molecule is CC(C)C[C@H](NC(=O)[C@@H](NC(=O)[C@H](Cc1c[nH]c2ccccc12)NC(=O)[C@H](CO)NC(=O)[C@@H](N)CCCNC(=N)N)C(C)C)C(=O)N[C@H](C(=O)N[C@@H](CC(=O)O)C(=O)N[C@@H](Cc1c[nH]cn1)C(=O)O)C(C)C. The van der Waals surface area contributed by atoms with E-state index in [0.717, 1.165) is 10.9 Å². The van der Waals surface area contributed by atoms with Crippen LogP contribution in [0.5, 0.6) is 0 Å². The molecule has 3 rings (SSSR count). The predicted octanol–water partition coefficient (Wildman–Crippen LogP) is -2.43. The zero-order chi connectivity index (χ0) is 53.8. The van der Waals surface area contributed by atoms with E-state index in [2.05, 4.69) is 57.5 Å². The van der Waals surface area contributed by atoms with Crippen molar-refractivity contribution < 1.29 is 58.5 Å². The Balaban J connectivity index is 1.83. The van der Waals surface area contributed by atoms with Crippen LogP contribution in [-0.4, -0.2) is 151 Å². The average molecular weight is 1010 g/mol. The van der Waals surface area contributed by atoms with Crippen LogP contribution in [0.3, 0.4) is 0 Å². The lowest BCUT2D eigenvalue weighted by atomic mass is 9.97. The van der Waals surface area contributed by atoms with E-state index in [0.29, 0.717) is 12.0 Å². The summed E-state index contributed by atoms with van der Waals surface area (Å²) in [5, 5.41) is 57.6. The van der Waals surface area contributed by atoms with E-state index in [1.807, 2.05) is 0 Å². The summed E-state index contributed by atoms with van der Waals surface area (Å²) in [5.41, 5.74) is 12.9. The number of nitrogens with two attached hydrogens (primary N) is 2. The van der Waals surface area contributed by atoms with Gasteiger partial charge in [-0.05, 0) is 48.6 Å². The Morgan fingerprint density at radius 2 is 1.22 bits per heavy atom. The molecule has 8 atom stereocenters. The van der Waals surface area contributed by atoms with Crippen LogP contribution in [0.15, 0.2) is 43.0 Å². The van der Waals surface area contributed by atoms with Gasteiger partial charge in [-0.25, -0.2) is 9.78 Å². The highest BCUT2D eigenvalue weighted by atomic mass is 16.4. The lowest BCUT2D eigenvalue weighted by Crippen LogP contribution is -2.62. The van der Waals surface area contributed by atoms with Crippen molar-refractivity contribution in [3.63, 3.8) is 0 Å². The molecule has 72 heavy (non-hydrogen) atoms. The number of aliphatic carboxylic acids is 2. The highest BCUT2D eigenvalue weighted by molar-refractivity contribution is 5.98. The Morgan fingerprint density at radius 3 is 1.76 bits per heavy atom. The summed E-state index contributed by atoms with van der Waals surface area (Å²) in [5.74, 6) is -11.0. The number of carboxylic acids is 2. The second-order valence-corrected chi connectivity index (χ2v) is 18.4. The number of carboxylic acid groups (broad SMARTS) is 2. The standard InChI is InChI=1S/C46H70N14O12/c1-22(2)14-30(40(66)59-37(24(5)6)44(70)56-32(17-35(62)63)39(65)57-33(45(71)72)16-26-19-50-21-53-26)55-43(69)36(23(3)4)60-41(67)31(15-25-18-52-29-12-8-7-10-27(25)29)54-42(68)34(20-61)58-38(64)28(47)11-9-13-51-46(48)49/h7-8,10,12,18-19,21-24,28,30-34,36-37,52,61H,9,11,13-17,20,47H2,1-6H3,(H,50,53)(H,54,68)(H,55,69)(H,56,70)(H,57,65)(H,58,64)(H,59,66)(H,60,67)(H,62,63)(H,71,72)(H4,48,49,51)/t28-,30-,31-,32-,33-,34-,36-,37-/m0/s1. The van der Waals surface area contributed by atoms with E-state index in [4.69, 9.17) is 16.9 Å². The Hall–Kier alpha value is -7.61. The van der Waals surface area contributed by atoms with Crippen LogP contribution in [-0.2, 0) is 56.0 Å². The number of imidazole rings is 1. The van der Waals surface area contributed by atoms with Gasteiger partial charge < -0.3 is 79.3 Å². The highest BCUT2D eigenvalue weighted by Crippen LogP contribution is 2.20. The van der Waals surface area contributed by atoms with Gasteiger partial charge in [0, 0.05) is 42.7 Å². The van der Waals surface area contributed by atoms with Gasteiger partial charge in [0.2, 0.25) is 41.4 Å². The Morgan fingerprint density at radius 1 is 0.681 bits per heavy atom. The second kappa shape index (κ2) is 28.3. The van der Waals surface area contributed by atoms with Crippen molar-refractivity contribution in [2.75, 3.05) is 13.2 Å². The van der Waals surface area contributed by atoms with Crippen molar-refractivity contribution in [3.8, 4) is 0 Å². The van der Waals surface area contributed by atoms with Gasteiger partial charge in [-0.1, -0.05) is 59.7 Å². The molecule has 2 aromatic heterocycles. The highest BCUT2D eigenvalue weighted by Gasteiger charge is 2.37. The van der Waals surface area contributed by atoms with Gasteiger partial charge in [-0.15, -0.1) is 0 Å². The fourth-order valence-electron chi connectivity index (χ4n) is 7.42. The molecule has 1 aromatic carbocycles. The van der Waals surface area contributed by atoms with Crippen LogP contribution in [0.4, 0.5) is 0 Å². The molecule has 0 fully saturated rings. The number of benzene rings is 1. The molecule has 0 aliphatic rings. The number of aliphatic hydroxyl groups is 1. The summed E-state index contributed by atoms with van der Waals surface area (Å²) in [6.45, 7) is 9.33. The normalized spacial score (nSPS) is 14.7. The van der Waals surface area contributed by atoms with Crippen LogP contribution in [0.25, 0.3) is 10.9 Å². The number of guanidine groups is 1. The van der Waals surface area contributed by atoms with Gasteiger partial charge in [0.1, 0.15) is 42.3 Å². The molecule has 26 nitrogen and oxygen atoms in total. The first-order valence-corrected chi connectivity index (χ1v) is 23.5. The Kier molecular flexibility index (Phi) is 23.1. The van der Waals surface area contributed by atoms with Gasteiger partial charge >= 0.3 is 11.9 Å².